The van der Waals surface area contributed by atoms with Crippen LogP contribution in [0.2, 0.25) is 0 Å². The van der Waals surface area contributed by atoms with Crippen LogP contribution in [-0.2, 0) is 24.3 Å². The Morgan fingerprint density at radius 1 is 1.25 bits per heavy atom. The molecule has 0 bridgehead atoms. The van der Waals surface area contributed by atoms with Crippen molar-refractivity contribution in [1.29, 1.82) is 0 Å². The minimum Gasteiger partial charge on any atom is -0.337 e. The fourth-order valence-electron chi connectivity index (χ4n) is 4.23. The first-order valence-corrected chi connectivity index (χ1v) is 12.7. The van der Waals surface area contributed by atoms with Gasteiger partial charge in [-0.25, -0.2) is 0 Å². The smallest absolute Gasteiger partial charge is 0.262 e. The standard InChI is InChI=1S/C23H25N5O2S2/c1-3-4-11-27-21(30)17-7-5-6-8-18(17)28-22(27)24-25-23(28)32-15(2)20(29)26-12-9-19-16(14-26)10-13-31-19/h5-8,10,13,15H,3-4,9,11-12,14H2,1-2H3. The molecule has 7 nitrogen and oxygen atoms in total. The van der Waals surface area contributed by atoms with Crippen molar-refractivity contribution in [2.24, 2.45) is 0 Å². The van der Waals surface area contributed by atoms with Gasteiger partial charge in [-0.1, -0.05) is 37.2 Å². The van der Waals surface area contributed by atoms with Crippen molar-refractivity contribution < 1.29 is 4.79 Å². The first kappa shape index (κ1) is 21.2. The van der Waals surface area contributed by atoms with Crippen LogP contribution in [0.4, 0.5) is 0 Å². The lowest BCUT2D eigenvalue weighted by molar-refractivity contribution is -0.131. The van der Waals surface area contributed by atoms with E-state index in [0.29, 0.717) is 29.4 Å². The number of hydrogen-bond acceptors (Lipinski definition) is 6. The first-order valence-electron chi connectivity index (χ1n) is 11.0. The Morgan fingerprint density at radius 3 is 2.94 bits per heavy atom. The summed E-state index contributed by atoms with van der Waals surface area (Å²) in [7, 11) is 0. The number of benzene rings is 1. The van der Waals surface area contributed by atoms with Gasteiger partial charge in [-0.05, 0) is 48.9 Å². The number of carbonyl (C=O) groups is 1. The summed E-state index contributed by atoms with van der Waals surface area (Å²) in [4.78, 5) is 29.6. The van der Waals surface area contributed by atoms with Crippen LogP contribution in [0.3, 0.4) is 0 Å². The minimum absolute atomic E-state index is 0.0468. The van der Waals surface area contributed by atoms with E-state index in [9.17, 15) is 9.59 Å². The lowest BCUT2D eigenvalue weighted by Gasteiger charge is -2.29. The van der Waals surface area contributed by atoms with Crippen LogP contribution >= 0.6 is 23.1 Å². The van der Waals surface area contributed by atoms with Crippen LogP contribution in [0.15, 0.2) is 45.7 Å². The highest BCUT2D eigenvalue weighted by Crippen LogP contribution is 2.29. The fraction of sp³-hybridized carbons (Fsp3) is 0.391. The zero-order valence-electron chi connectivity index (χ0n) is 18.2. The van der Waals surface area contributed by atoms with Gasteiger partial charge < -0.3 is 4.90 Å². The highest BCUT2D eigenvalue weighted by molar-refractivity contribution is 8.00. The topological polar surface area (TPSA) is 72.5 Å². The van der Waals surface area contributed by atoms with E-state index in [1.54, 1.807) is 15.9 Å². The SMILES string of the molecule is CCCCn1c(=O)c2ccccc2n2c(SC(C)C(=O)N3CCc4sccc4C3)nnc12. The van der Waals surface area contributed by atoms with Crippen LogP contribution < -0.4 is 5.56 Å². The summed E-state index contributed by atoms with van der Waals surface area (Å²) in [5.41, 5.74) is 1.98. The number of carbonyl (C=O) groups excluding carboxylic acids is 1. The molecular formula is C23H25N5O2S2. The number of para-hydroxylation sites is 1. The predicted octanol–water partition coefficient (Wildman–Crippen LogP) is 3.97. The third-order valence-electron chi connectivity index (χ3n) is 5.96. The number of aryl methyl sites for hydroxylation is 1. The van der Waals surface area contributed by atoms with Crippen LogP contribution in [0.5, 0.6) is 0 Å². The maximum Gasteiger partial charge on any atom is 0.262 e. The van der Waals surface area contributed by atoms with E-state index in [1.807, 2.05) is 40.5 Å². The molecule has 0 saturated heterocycles. The summed E-state index contributed by atoms with van der Waals surface area (Å²) in [6.45, 7) is 6.03. The average molecular weight is 468 g/mol. The Morgan fingerprint density at radius 2 is 2.09 bits per heavy atom. The van der Waals surface area contributed by atoms with Crippen molar-refractivity contribution in [2.45, 2.75) is 56.6 Å². The molecule has 166 valence electrons. The maximum absolute atomic E-state index is 13.2. The van der Waals surface area contributed by atoms with Gasteiger partial charge >= 0.3 is 0 Å². The summed E-state index contributed by atoms with van der Waals surface area (Å²) in [6, 6.07) is 9.65. The third kappa shape index (κ3) is 3.63. The molecular weight excluding hydrogens is 442 g/mol. The van der Waals surface area contributed by atoms with E-state index in [-0.39, 0.29) is 16.7 Å². The number of thiophene rings is 1. The average Bonchev–Trinajstić information content (AvgIpc) is 3.45. The zero-order valence-corrected chi connectivity index (χ0v) is 19.8. The fourth-order valence-corrected chi connectivity index (χ4v) is 6.06. The molecule has 0 radical (unpaired) electrons. The molecule has 1 amide bonds. The molecule has 4 heterocycles. The van der Waals surface area contributed by atoms with Gasteiger partial charge in [-0.15, -0.1) is 21.5 Å². The summed E-state index contributed by atoms with van der Waals surface area (Å²) in [5.74, 6) is 0.636. The lowest BCUT2D eigenvalue weighted by atomic mass is 10.1. The molecule has 5 rings (SSSR count). The van der Waals surface area contributed by atoms with Crippen LogP contribution in [0.1, 0.15) is 37.1 Å². The Kier molecular flexibility index (Phi) is 5.77. The van der Waals surface area contributed by atoms with E-state index in [1.165, 1.54) is 22.2 Å². The molecule has 0 spiro atoms. The molecule has 0 fully saturated rings. The quantitative estimate of drug-likeness (QED) is 0.401. The van der Waals surface area contributed by atoms with Gasteiger partial charge in [-0.2, -0.15) is 0 Å². The second-order valence-corrected chi connectivity index (χ2v) is 10.4. The number of nitrogens with zero attached hydrogens (tertiary/aromatic N) is 5. The first-order chi connectivity index (χ1) is 15.6. The van der Waals surface area contributed by atoms with Gasteiger partial charge in [0.15, 0.2) is 5.16 Å². The Balaban J connectivity index is 1.49. The van der Waals surface area contributed by atoms with Gasteiger partial charge in [0.25, 0.3) is 5.56 Å². The van der Waals surface area contributed by atoms with Gasteiger partial charge in [0.2, 0.25) is 11.7 Å². The van der Waals surface area contributed by atoms with E-state index in [0.717, 1.165) is 31.3 Å². The van der Waals surface area contributed by atoms with E-state index < -0.39 is 0 Å². The Hall–Kier alpha value is -2.65. The molecule has 0 aliphatic carbocycles. The summed E-state index contributed by atoms with van der Waals surface area (Å²) < 4.78 is 3.63. The lowest BCUT2D eigenvalue weighted by Crippen LogP contribution is -2.39. The number of amides is 1. The molecule has 9 heteroatoms. The van der Waals surface area contributed by atoms with Crippen LogP contribution in [0, 0.1) is 0 Å². The highest BCUT2D eigenvalue weighted by atomic mass is 32.2. The number of fused-ring (bicyclic) bond motifs is 4. The molecule has 3 aromatic heterocycles. The van der Waals surface area contributed by atoms with Gasteiger partial charge in [0, 0.05) is 24.5 Å². The number of hydrogen-bond donors (Lipinski definition) is 0. The van der Waals surface area contributed by atoms with Crippen molar-refractivity contribution in [2.75, 3.05) is 6.54 Å². The van der Waals surface area contributed by atoms with E-state index in [4.69, 9.17) is 0 Å². The maximum atomic E-state index is 13.2. The normalized spacial score (nSPS) is 14.8. The van der Waals surface area contributed by atoms with E-state index >= 15 is 0 Å². The van der Waals surface area contributed by atoms with Crippen LogP contribution in [0.25, 0.3) is 16.7 Å². The number of thioether (sulfide) groups is 1. The van der Waals surface area contributed by atoms with Crippen molar-refractivity contribution in [3.63, 3.8) is 0 Å². The second-order valence-electron chi connectivity index (χ2n) is 8.08. The van der Waals surface area contributed by atoms with Gasteiger partial charge in [0.1, 0.15) is 0 Å². The molecule has 1 aromatic carbocycles. The van der Waals surface area contributed by atoms with Crippen LogP contribution in [-0.4, -0.2) is 41.8 Å². The van der Waals surface area contributed by atoms with Gasteiger partial charge in [-0.3, -0.25) is 18.6 Å². The third-order valence-corrected chi connectivity index (χ3v) is 8.02. The summed E-state index contributed by atoms with van der Waals surface area (Å²) in [5, 5.41) is 11.8. The molecule has 1 unspecified atom stereocenters. The van der Waals surface area contributed by atoms with E-state index in [2.05, 4.69) is 28.6 Å². The van der Waals surface area contributed by atoms with Gasteiger partial charge in [0.05, 0.1) is 16.2 Å². The molecule has 32 heavy (non-hydrogen) atoms. The molecule has 1 aliphatic heterocycles. The number of rotatable bonds is 6. The second kappa shape index (κ2) is 8.71. The number of unbranched alkanes of at least 4 members (excludes halogenated alkanes) is 1. The Labute approximate surface area is 194 Å². The van der Waals surface area contributed by atoms with Crippen molar-refractivity contribution in [1.82, 2.24) is 24.1 Å². The highest BCUT2D eigenvalue weighted by Gasteiger charge is 2.27. The molecule has 4 aromatic rings. The number of aromatic nitrogens is 4. The predicted molar refractivity (Wildman–Crippen MR) is 128 cm³/mol. The monoisotopic (exact) mass is 467 g/mol. The summed E-state index contributed by atoms with van der Waals surface area (Å²) in [6.07, 6.45) is 2.78. The largest absolute Gasteiger partial charge is 0.337 e. The zero-order chi connectivity index (χ0) is 22.2. The summed E-state index contributed by atoms with van der Waals surface area (Å²) >= 11 is 3.17. The van der Waals surface area contributed by atoms with Crippen molar-refractivity contribution in [3.8, 4) is 0 Å². The molecule has 0 N–H and O–H groups in total. The molecule has 0 saturated carbocycles. The Bertz CT molecular complexity index is 1360. The molecule has 1 aliphatic rings. The van der Waals surface area contributed by atoms with Crippen molar-refractivity contribution >= 4 is 45.7 Å². The molecule has 1 atom stereocenters. The minimum atomic E-state index is -0.308. The van der Waals surface area contributed by atoms with Crippen molar-refractivity contribution in [3.05, 3.63) is 56.5 Å².